The van der Waals surface area contributed by atoms with E-state index in [1.54, 1.807) is 4.90 Å². The number of hydrogen-bond acceptors (Lipinski definition) is 7. The molecule has 0 spiro atoms. The van der Waals surface area contributed by atoms with E-state index >= 15 is 0 Å². The Morgan fingerprint density at radius 1 is 1.06 bits per heavy atom. The van der Waals surface area contributed by atoms with Crippen LogP contribution in [0.4, 0.5) is 5.82 Å². The molecular formula is C26H33N7O3. The van der Waals surface area contributed by atoms with Gasteiger partial charge in [0.1, 0.15) is 6.04 Å². The van der Waals surface area contributed by atoms with Crippen LogP contribution in [0.25, 0.3) is 0 Å². The minimum atomic E-state index is -0.583. The van der Waals surface area contributed by atoms with E-state index in [-0.39, 0.29) is 24.1 Å². The van der Waals surface area contributed by atoms with Gasteiger partial charge < -0.3 is 15.1 Å². The Bertz CT molecular complexity index is 1170. The number of fused-ring (bicyclic) bond motifs is 1. The highest BCUT2D eigenvalue weighted by molar-refractivity contribution is 6.05. The molecule has 3 amide bonds. The Morgan fingerprint density at radius 2 is 1.92 bits per heavy atom. The van der Waals surface area contributed by atoms with E-state index in [0.29, 0.717) is 24.4 Å². The number of imide groups is 1. The summed E-state index contributed by atoms with van der Waals surface area (Å²) in [6, 6.07) is 7.53. The summed E-state index contributed by atoms with van der Waals surface area (Å²) < 4.78 is 0. The molecule has 4 aliphatic heterocycles. The average Bonchev–Trinajstić information content (AvgIpc) is 3.51. The monoisotopic (exact) mass is 491 g/mol. The zero-order valence-electron chi connectivity index (χ0n) is 20.5. The number of likely N-dealkylation sites (tertiary alicyclic amines) is 1. The zero-order chi connectivity index (χ0) is 24.6. The van der Waals surface area contributed by atoms with Crippen LogP contribution in [0.2, 0.25) is 0 Å². The van der Waals surface area contributed by atoms with Crippen LogP contribution in [0.5, 0.6) is 0 Å². The molecule has 3 fully saturated rings. The number of rotatable bonds is 5. The van der Waals surface area contributed by atoms with Gasteiger partial charge in [0.05, 0.1) is 0 Å². The number of amides is 3. The predicted octanol–water partition coefficient (Wildman–Crippen LogP) is 0.960. The van der Waals surface area contributed by atoms with Crippen molar-refractivity contribution in [3.8, 4) is 0 Å². The van der Waals surface area contributed by atoms with Gasteiger partial charge in [-0.1, -0.05) is 12.1 Å². The number of piperazine rings is 1. The third-order valence-corrected chi connectivity index (χ3v) is 8.04. The van der Waals surface area contributed by atoms with Crippen molar-refractivity contribution >= 4 is 23.5 Å². The highest BCUT2D eigenvalue weighted by atomic mass is 16.2. The summed E-state index contributed by atoms with van der Waals surface area (Å²) in [5.74, 6) is 0.694. The number of carbonyl (C=O) groups excluding carboxylic acids is 3. The van der Waals surface area contributed by atoms with Crippen molar-refractivity contribution in [3.63, 3.8) is 0 Å². The van der Waals surface area contributed by atoms with Crippen molar-refractivity contribution in [2.45, 2.75) is 50.7 Å². The number of aromatic nitrogens is 2. The van der Waals surface area contributed by atoms with Crippen LogP contribution < -0.4 is 15.5 Å². The van der Waals surface area contributed by atoms with E-state index in [1.807, 2.05) is 12.1 Å². The minimum absolute atomic E-state index is 0.115. The van der Waals surface area contributed by atoms with Crippen molar-refractivity contribution in [3.05, 3.63) is 46.6 Å². The molecule has 3 N–H and O–H groups in total. The first-order chi connectivity index (χ1) is 17.6. The largest absolute Gasteiger partial charge is 0.353 e. The van der Waals surface area contributed by atoms with E-state index in [0.717, 1.165) is 75.6 Å². The maximum absolute atomic E-state index is 13.2. The lowest BCUT2D eigenvalue weighted by molar-refractivity contribution is -0.136. The molecule has 10 nitrogen and oxygen atoms in total. The van der Waals surface area contributed by atoms with Gasteiger partial charge in [0.2, 0.25) is 11.8 Å². The van der Waals surface area contributed by atoms with Crippen LogP contribution in [-0.4, -0.2) is 83.0 Å². The molecule has 190 valence electrons. The first kappa shape index (κ1) is 23.2. The molecule has 6 rings (SSSR count). The molecule has 3 saturated heterocycles. The van der Waals surface area contributed by atoms with E-state index in [2.05, 4.69) is 42.8 Å². The van der Waals surface area contributed by atoms with Crippen molar-refractivity contribution in [2.24, 2.45) is 0 Å². The Balaban J connectivity index is 1.14. The van der Waals surface area contributed by atoms with Gasteiger partial charge in [-0.3, -0.25) is 29.7 Å². The maximum atomic E-state index is 13.2. The first-order valence-electron chi connectivity index (χ1n) is 13.1. The summed E-state index contributed by atoms with van der Waals surface area (Å²) in [6.07, 6.45) is 2.90. The highest BCUT2D eigenvalue weighted by Gasteiger charge is 2.40. The van der Waals surface area contributed by atoms with Gasteiger partial charge in [0.25, 0.3) is 5.91 Å². The van der Waals surface area contributed by atoms with Crippen LogP contribution in [0, 0.1) is 0 Å². The number of nitrogens with one attached hydrogen (secondary N) is 3. The summed E-state index contributed by atoms with van der Waals surface area (Å²) in [5, 5.41) is 13.7. The zero-order valence-corrected chi connectivity index (χ0v) is 20.5. The molecule has 4 aliphatic rings. The van der Waals surface area contributed by atoms with Gasteiger partial charge in [0, 0.05) is 75.5 Å². The lowest BCUT2D eigenvalue weighted by Gasteiger charge is -2.33. The molecule has 1 aromatic heterocycles. The van der Waals surface area contributed by atoms with Crippen LogP contribution in [-0.2, 0) is 22.7 Å². The second-order valence-corrected chi connectivity index (χ2v) is 10.3. The number of piperidine rings is 2. The SMILES string of the molecule is O=C1CCC(N2Cc3c(CN4CCCC(c5cc(N6CCNCC6)n[nH]5)C4)cccc3C2=O)C(=O)N1. The Hall–Kier alpha value is -3.24. The molecule has 2 atom stereocenters. The second kappa shape index (κ2) is 9.67. The van der Waals surface area contributed by atoms with Crippen molar-refractivity contribution in [1.82, 2.24) is 30.6 Å². The normalized spacial score (nSPS) is 25.3. The topological polar surface area (TPSA) is 114 Å². The fourth-order valence-corrected chi connectivity index (χ4v) is 6.08. The van der Waals surface area contributed by atoms with Gasteiger partial charge in [-0.25, -0.2) is 0 Å². The number of hydrogen-bond donors (Lipinski definition) is 3. The second-order valence-electron chi connectivity index (χ2n) is 10.3. The van der Waals surface area contributed by atoms with E-state index in [4.69, 9.17) is 0 Å². The van der Waals surface area contributed by atoms with Gasteiger partial charge in [-0.2, -0.15) is 5.10 Å². The van der Waals surface area contributed by atoms with E-state index < -0.39 is 6.04 Å². The number of H-pyrrole nitrogens is 1. The van der Waals surface area contributed by atoms with Gasteiger partial charge >= 0.3 is 0 Å². The van der Waals surface area contributed by atoms with E-state index in [9.17, 15) is 14.4 Å². The third-order valence-electron chi connectivity index (χ3n) is 8.04. The molecule has 0 saturated carbocycles. The quantitative estimate of drug-likeness (QED) is 0.534. The molecule has 5 heterocycles. The standard InChI is InChI=1S/C26H33N7O3/c34-24-7-6-22(25(35)28-24)33-16-20-17(3-1-5-19(20)26(33)36)14-31-10-2-4-18(15-31)21-13-23(30-29-21)32-11-8-27-9-12-32/h1,3,5,13,18,22,27H,2,4,6-12,14-16H2,(H,29,30)(H,28,34,35). The Labute approximate surface area is 210 Å². The molecule has 0 bridgehead atoms. The molecule has 2 unspecified atom stereocenters. The molecule has 36 heavy (non-hydrogen) atoms. The molecule has 0 radical (unpaired) electrons. The molecule has 0 aliphatic carbocycles. The number of nitrogens with zero attached hydrogens (tertiary/aromatic N) is 4. The van der Waals surface area contributed by atoms with Crippen molar-refractivity contribution < 1.29 is 14.4 Å². The number of aromatic amines is 1. The fraction of sp³-hybridized carbons (Fsp3) is 0.538. The Morgan fingerprint density at radius 3 is 2.75 bits per heavy atom. The molecule has 10 heteroatoms. The number of anilines is 1. The van der Waals surface area contributed by atoms with Crippen LogP contribution in [0.15, 0.2) is 24.3 Å². The number of benzene rings is 1. The summed E-state index contributed by atoms with van der Waals surface area (Å²) in [7, 11) is 0. The summed E-state index contributed by atoms with van der Waals surface area (Å²) >= 11 is 0. The van der Waals surface area contributed by atoms with E-state index in [1.165, 1.54) is 5.69 Å². The van der Waals surface area contributed by atoms with Crippen molar-refractivity contribution in [1.29, 1.82) is 0 Å². The fourth-order valence-electron chi connectivity index (χ4n) is 6.08. The first-order valence-corrected chi connectivity index (χ1v) is 13.1. The van der Waals surface area contributed by atoms with Gasteiger partial charge in [-0.05, 0) is 43.0 Å². The average molecular weight is 492 g/mol. The van der Waals surface area contributed by atoms with Gasteiger partial charge in [-0.15, -0.1) is 0 Å². The lowest BCUT2D eigenvalue weighted by atomic mass is 9.94. The molecule has 1 aromatic carbocycles. The smallest absolute Gasteiger partial charge is 0.255 e. The van der Waals surface area contributed by atoms with Crippen LogP contribution in [0.1, 0.15) is 58.8 Å². The predicted molar refractivity (Wildman–Crippen MR) is 133 cm³/mol. The molecule has 2 aromatic rings. The summed E-state index contributed by atoms with van der Waals surface area (Å²) in [4.78, 5) is 43.6. The van der Waals surface area contributed by atoms with Crippen molar-refractivity contribution in [2.75, 3.05) is 44.2 Å². The Kier molecular flexibility index (Phi) is 6.22. The summed E-state index contributed by atoms with van der Waals surface area (Å²) in [6.45, 7) is 7.09. The number of carbonyl (C=O) groups is 3. The summed E-state index contributed by atoms with van der Waals surface area (Å²) in [5.41, 5.74) is 4.03. The maximum Gasteiger partial charge on any atom is 0.255 e. The highest BCUT2D eigenvalue weighted by Crippen LogP contribution is 2.33. The van der Waals surface area contributed by atoms with Gasteiger partial charge in [0.15, 0.2) is 5.82 Å². The third kappa shape index (κ3) is 4.39. The minimum Gasteiger partial charge on any atom is -0.353 e. The lowest BCUT2D eigenvalue weighted by Crippen LogP contribution is -2.52. The molecular weight excluding hydrogens is 458 g/mol. The van der Waals surface area contributed by atoms with Crippen LogP contribution >= 0.6 is 0 Å². The van der Waals surface area contributed by atoms with Crippen LogP contribution in [0.3, 0.4) is 0 Å².